The van der Waals surface area contributed by atoms with Crippen LogP contribution in [-0.2, 0) is 10.0 Å². The van der Waals surface area contributed by atoms with E-state index < -0.39 is 10.0 Å². The highest BCUT2D eigenvalue weighted by Crippen LogP contribution is 2.30. The van der Waals surface area contributed by atoms with Crippen LogP contribution in [0.15, 0.2) is 20.1 Å². The van der Waals surface area contributed by atoms with Crippen LogP contribution in [0.3, 0.4) is 0 Å². The topological polar surface area (TPSA) is 40.6 Å². The van der Waals surface area contributed by atoms with E-state index in [1.54, 1.807) is 15.8 Å². The number of thiophene rings is 1. The number of hydrogen-bond donors (Lipinski definition) is 0. The maximum Gasteiger partial charge on any atom is 0.253 e. The van der Waals surface area contributed by atoms with Crippen molar-refractivity contribution in [2.24, 2.45) is 0 Å². The van der Waals surface area contributed by atoms with Crippen LogP contribution in [0.2, 0.25) is 0 Å². The van der Waals surface area contributed by atoms with E-state index in [2.05, 4.69) is 20.8 Å². The van der Waals surface area contributed by atoms with E-state index in [1.807, 2.05) is 7.05 Å². The lowest BCUT2D eigenvalue weighted by Gasteiger charge is -2.31. The summed E-state index contributed by atoms with van der Waals surface area (Å²) in [5.74, 6) is 0. The Bertz CT molecular complexity index is 464. The van der Waals surface area contributed by atoms with Crippen molar-refractivity contribution in [2.75, 3.05) is 33.2 Å². The molecule has 2 rings (SSSR count). The molecule has 0 N–H and O–H groups in total. The molecule has 0 radical (unpaired) electrons. The van der Waals surface area contributed by atoms with Gasteiger partial charge in [-0.3, -0.25) is 0 Å². The van der Waals surface area contributed by atoms with Crippen molar-refractivity contribution < 1.29 is 8.42 Å². The number of halogens is 1. The zero-order valence-corrected chi connectivity index (χ0v) is 12.1. The molecule has 2 heterocycles. The Morgan fingerprint density at radius 1 is 1.31 bits per heavy atom. The third-order valence-corrected chi connectivity index (χ3v) is 7.17. The Morgan fingerprint density at radius 2 is 1.94 bits per heavy atom. The lowest BCUT2D eigenvalue weighted by Crippen LogP contribution is -2.46. The van der Waals surface area contributed by atoms with Crippen LogP contribution >= 0.6 is 27.3 Å². The Balaban J connectivity index is 2.23. The fraction of sp³-hybridized carbons (Fsp3) is 0.556. The summed E-state index contributed by atoms with van der Waals surface area (Å²) in [5.41, 5.74) is 0. The van der Waals surface area contributed by atoms with Crippen LogP contribution in [0.25, 0.3) is 0 Å². The van der Waals surface area contributed by atoms with Crippen LogP contribution in [0.1, 0.15) is 0 Å². The molecule has 0 aromatic carbocycles. The molecule has 16 heavy (non-hydrogen) atoms. The first-order chi connectivity index (χ1) is 7.51. The van der Waals surface area contributed by atoms with Gasteiger partial charge >= 0.3 is 0 Å². The Labute approximate surface area is 108 Å². The normalized spacial score (nSPS) is 20.1. The van der Waals surface area contributed by atoms with Gasteiger partial charge in [0, 0.05) is 30.7 Å². The lowest BCUT2D eigenvalue weighted by atomic mass is 10.4. The number of likely N-dealkylation sites (N-methyl/N-ethyl adjacent to an activating group) is 1. The molecule has 1 aliphatic heterocycles. The highest BCUT2D eigenvalue weighted by Gasteiger charge is 2.29. The van der Waals surface area contributed by atoms with E-state index >= 15 is 0 Å². The third-order valence-electron chi connectivity index (χ3n) is 2.62. The maximum absolute atomic E-state index is 12.3. The summed E-state index contributed by atoms with van der Waals surface area (Å²) >= 11 is 4.54. The van der Waals surface area contributed by atoms with Crippen LogP contribution in [0.4, 0.5) is 0 Å². The molecule has 1 fully saturated rings. The van der Waals surface area contributed by atoms with Gasteiger partial charge in [-0.2, -0.15) is 4.31 Å². The molecule has 0 amide bonds. The second kappa shape index (κ2) is 4.73. The van der Waals surface area contributed by atoms with Gasteiger partial charge in [0.25, 0.3) is 10.0 Å². The number of rotatable bonds is 2. The summed E-state index contributed by atoms with van der Waals surface area (Å²) in [6.45, 7) is 2.73. The van der Waals surface area contributed by atoms with Crippen LogP contribution in [0, 0.1) is 0 Å². The van der Waals surface area contributed by atoms with Gasteiger partial charge in [-0.1, -0.05) is 0 Å². The molecule has 7 heteroatoms. The van der Waals surface area contributed by atoms with Crippen molar-refractivity contribution in [3.8, 4) is 0 Å². The Hall–Kier alpha value is 0.0500. The predicted molar refractivity (Wildman–Crippen MR) is 68.3 cm³/mol. The summed E-state index contributed by atoms with van der Waals surface area (Å²) in [6, 6.07) is 1.77. The molecule has 0 spiro atoms. The average molecular weight is 325 g/mol. The second-order valence-electron chi connectivity index (χ2n) is 3.76. The highest BCUT2D eigenvalue weighted by atomic mass is 79.9. The largest absolute Gasteiger partial charge is 0.304 e. The summed E-state index contributed by atoms with van der Waals surface area (Å²) in [6.07, 6.45) is 0. The molecule has 1 aromatic rings. The quantitative estimate of drug-likeness (QED) is 0.826. The third kappa shape index (κ3) is 2.33. The number of piperazine rings is 1. The van der Waals surface area contributed by atoms with E-state index in [-0.39, 0.29) is 0 Å². The molecule has 0 bridgehead atoms. The fourth-order valence-corrected chi connectivity index (χ4v) is 5.48. The van der Waals surface area contributed by atoms with Crippen molar-refractivity contribution in [3.05, 3.63) is 15.9 Å². The minimum atomic E-state index is -3.29. The first-order valence-electron chi connectivity index (χ1n) is 4.93. The molecule has 0 aliphatic carbocycles. The molecule has 1 aromatic heterocycles. The molecule has 1 aliphatic rings. The average Bonchev–Trinajstić information content (AvgIpc) is 2.66. The molecule has 4 nitrogen and oxygen atoms in total. The molecule has 0 atom stereocenters. The van der Waals surface area contributed by atoms with E-state index in [0.717, 1.165) is 13.1 Å². The zero-order chi connectivity index (χ0) is 11.8. The zero-order valence-electron chi connectivity index (χ0n) is 8.89. The van der Waals surface area contributed by atoms with Crippen molar-refractivity contribution in [2.45, 2.75) is 4.21 Å². The Morgan fingerprint density at radius 3 is 2.44 bits per heavy atom. The molecular weight excluding hydrogens is 312 g/mol. The van der Waals surface area contributed by atoms with Gasteiger partial charge in [-0.15, -0.1) is 11.3 Å². The van der Waals surface area contributed by atoms with E-state index in [1.165, 1.54) is 11.3 Å². The van der Waals surface area contributed by atoms with Crippen LogP contribution < -0.4 is 0 Å². The van der Waals surface area contributed by atoms with E-state index in [9.17, 15) is 8.42 Å². The smallest absolute Gasteiger partial charge is 0.253 e. The maximum atomic E-state index is 12.3. The minimum Gasteiger partial charge on any atom is -0.304 e. The number of nitrogens with zero attached hydrogens (tertiary/aromatic N) is 2. The minimum absolute atomic E-state index is 0.414. The number of sulfonamides is 1. The second-order valence-corrected chi connectivity index (χ2v) is 7.67. The summed E-state index contributed by atoms with van der Waals surface area (Å²) in [5, 5.41) is 1.78. The Kier molecular flexibility index (Phi) is 3.70. The van der Waals surface area contributed by atoms with Gasteiger partial charge in [0.05, 0.1) is 0 Å². The van der Waals surface area contributed by atoms with Gasteiger partial charge < -0.3 is 4.90 Å². The summed E-state index contributed by atoms with van der Waals surface area (Å²) in [4.78, 5) is 2.13. The van der Waals surface area contributed by atoms with Crippen molar-refractivity contribution in [3.63, 3.8) is 0 Å². The van der Waals surface area contributed by atoms with Crippen molar-refractivity contribution in [1.82, 2.24) is 9.21 Å². The van der Waals surface area contributed by atoms with Gasteiger partial charge in [0.15, 0.2) is 0 Å². The van der Waals surface area contributed by atoms with Gasteiger partial charge in [-0.05, 0) is 34.4 Å². The SMILES string of the molecule is CN1CCN(S(=O)(=O)c2sccc2Br)CC1. The van der Waals surface area contributed by atoms with Crippen LogP contribution in [-0.4, -0.2) is 50.8 Å². The summed E-state index contributed by atoms with van der Waals surface area (Å²) in [7, 11) is -1.29. The van der Waals surface area contributed by atoms with Gasteiger partial charge in [-0.25, -0.2) is 8.42 Å². The van der Waals surface area contributed by atoms with E-state index in [0.29, 0.717) is 21.8 Å². The summed E-state index contributed by atoms with van der Waals surface area (Å²) < 4.78 is 27.2. The number of hydrogen-bond acceptors (Lipinski definition) is 4. The molecular formula is C9H13BrN2O2S2. The highest BCUT2D eigenvalue weighted by molar-refractivity contribution is 9.10. The van der Waals surface area contributed by atoms with E-state index in [4.69, 9.17) is 0 Å². The molecule has 0 unspecified atom stereocenters. The molecule has 0 saturated carbocycles. The fourth-order valence-electron chi connectivity index (χ4n) is 1.61. The first-order valence-corrected chi connectivity index (χ1v) is 8.05. The molecule has 1 saturated heterocycles. The van der Waals surface area contributed by atoms with Crippen molar-refractivity contribution >= 4 is 37.3 Å². The van der Waals surface area contributed by atoms with Gasteiger partial charge in [0.2, 0.25) is 0 Å². The van der Waals surface area contributed by atoms with Gasteiger partial charge in [0.1, 0.15) is 4.21 Å². The first kappa shape index (κ1) is 12.5. The standard InChI is InChI=1S/C9H13BrN2O2S2/c1-11-3-5-12(6-4-11)16(13,14)9-8(10)2-7-15-9/h2,7H,3-6H2,1H3. The molecule has 90 valence electrons. The monoisotopic (exact) mass is 324 g/mol. The predicted octanol–water partition coefficient (Wildman–Crippen LogP) is 1.45. The lowest BCUT2D eigenvalue weighted by molar-refractivity contribution is 0.222. The van der Waals surface area contributed by atoms with Crippen LogP contribution in [0.5, 0.6) is 0 Å². The van der Waals surface area contributed by atoms with Crippen molar-refractivity contribution in [1.29, 1.82) is 0 Å².